The molecule has 28 heavy (non-hydrogen) atoms. The lowest BCUT2D eigenvalue weighted by atomic mass is 9.97. The first-order chi connectivity index (χ1) is 13.9. The quantitative estimate of drug-likeness (QED) is 0.321. The first kappa shape index (κ1) is 15.8. The summed E-state index contributed by atoms with van der Waals surface area (Å²) < 4.78 is 7.35. The molecule has 6 rings (SSSR count). The van der Waals surface area contributed by atoms with Gasteiger partial charge in [0.25, 0.3) is 0 Å². The van der Waals surface area contributed by atoms with E-state index in [0.29, 0.717) is 5.89 Å². The van der Waals surface area contributed by atoms with Crippen LogP contribution in [-0.4, -0.2) is 4.98 Å². The van der Waals surface area contributed by atoms with Crippen molar-refractivity contribution in [2.45, 2.75) is 12.8 Å². The van der Waals surface area contributed by atoms with Crippen LogP contribution in [0.5, 0.6) is 0 Å². The third-order valence-electron chi connectivity index (χ3n) is 5.39. The van der Waals surface area contributed by atoms with Crippen molar-refractivity contribution in [1.29, 1.82) is 0 Å². The minimum Gasteiger partial charge on any atom is -0.436 e. The zero-order valence-electron chi connectivity index (χ0n) is 15.2. The largest absolute Gasteiger partial charge is 0.436 e. The minimum absolute atomic E-state index is 0.670. The molecule has 0 spiro atoms. The molecule has 0 saturated carbocycles. The fraction of sp³-hybridized carbons (Fsp3) is 0.0800. The monoisotopic (exact) mass is 379 g/mol. The molecule has 0 amide bonds. The molecule has 3 aromatic carbocycles. The maximum atomic E-state index is 5.98. The van der Waals surface area contributed by atoms with Crippen LogP contribution in [-0.2, 0) is 6.42 Å². The third kappa shape index (κ3) is 2.44. The molecule has 134 valence electrons. The van der Waals surface area contributed by atoms with Crippen LogP contribution in [0.1, 0.15) is 16.9 Å². The second-order valence-corrected chi connectivity index (χ2v) is 8.19. The molecule has 2 heterocycles. The van der Waals surface area contributed by atoms with Crippen LogP contribution in [0.15, 0.2) is 77.2 Å². The van der Waals surface area contributed by atoms with Crippen LogP contribution >= 0.6 is 11.3 Å². The van der Waals surface area contributed by atoms with Crippen molar-refractivity contribution in [2.24, 2.45) is 0 Å². The number of hydrogen-bond acceptors (Lipinski definition) is 3. The van der Waals surface area contributed by atoms with E-state index < -0.39 is 0 Å². The Bertz CT molecular complexity index is 1340. The Labute approximate surface area is 166 Å². The zero-order valence-corrected chi connectivity index (χ0v) is 16.0. The van der Waals surface area contributed by atoms with E-state index in [-0.39, 0.29) is 0 Å². The van der Waals surface area contributed by atoms with E-state index >= 15 is 0 Å². The van der Waals surface area contributed by atoms with Gasteiger partial charge in [-0.25, -0.2) is 4.98 Å². The van der Waals surface area contributed by atoms with E-state index in [1.54, 1.807) is 0 Å². The number of aryl methyl sites for hydroxylation is 1. The Kier molecular flexibility index (Phi) is 3.50. The molecule has 0 bridgehead atoms. The smallest absolute Gasteiger partial charge is 0.227 e. The minimum atomic E-state index is 0.670. The summed E-state index contributed by atoms with van der Waals surface area (Å²) in [5.41, 5.74) is 6.70. The molecule has 5 aromatic rings. The van der Waals surface area contributed by atoms with Gasteiger partial charge in [0, 0.05) is 15.1 Å². The molecule has 2 aromatic heterocycles. The first-order valence-corrected chi connectivity index (χ1v) is 10.4. The summed E-state index contributed by atoms with van der Waals surface area (Å²) in [7, 11) is 0. The molecule has 0 fully saturated rings. The van der Waals surface area contributed by atoms with Gasteiger partial charge >= 0.3 is 0 Å². The standard InChI is InChI=1S/C25H17NOS/c1-4-14-23-19(9-1)20-11-6-10-18(24(20)28-23)16-7-5-8-17(15-16)25-26-21-12-2-3-13-22(21)27-25/h2-8,10-15H,1,9H2. The predicted octanol–water partition coefficient (Wildman–Crippen LogP) is 7.34. The Morgan fingerprint density at radius 3 is 2.75 bits per heavy atom. The number of aromatic nitrogens is 1. The Hall–Kier alpha value is -3.17. The van der Waals surface area contributed by atoms with Crippen LogP contribution in [0.4, 0.5) is 0 Å². The summed E-state index contributed by atoms with van der Waals surface area (Å²) in [5, 5.41) is 1.40. The fourth-order valence-electron chi connectivity index (χ4n) is 4.04. The SMILES string of the molecule is C1=Cc2sc3c(-c4cccc(-c5nc6ccccc6o5)c4)cccc3c2CC1. The van der Waals surface area contributed by atoms with E-state index in [1.807, 2.05) is 35.6 Å². The van der Waals surface area contributed by atoms with Crippen LogP contribution in [0.25, 0.3) is 49.8 Å². The highest BCUT2D eigenvalue weighted by atomic mass is 32.1. The van der Waals surface area contributed by atoms with Crippen molar-refractivity contribution in [3.8, 4) is 22.6 Å². The van der Waals surface area contributed by atoms with Gasteiger partial charge in [0.15, 0.2) is 5.58 Å². The topological polar surface area (TPSA) is 26.0 Å². The maximum absolute atomic E-state index is 5.98. The summed E-state index contributed by atoms with van der Waals surface area (Å²) in [6, 6.07) is 23.1. The molecule has 0 saturated heterocycles. The van der Waals surface area contributed by atoms with Crippen molar-refractivity contribution < 1.29 is 4.42 Å². The van der Waals surface area contributed by atoms with Gasteiger partial charge in [-0.05, 0) is 65.3 Å². The van der Waals surface area contributed by atoms with Gasteiger partial charge in [-0.3, -0.25) is 0 Å². The molecule has 0 aliphatic heterocycles. The number of para-hydroxylation sites is 2. The van der Waals surface area contributed by atoms with Crippen molar-refractivity contribution >= 4 is 38.6 Å². The number of oxazole rings is 1. The zero-order chi connectivity index (χ0) is 18.5. The average Bonchev–Trinajstić information content (AvgIpc) is 3.35. The van der Waals surface area contributed by atoms with Gasteiger partial charge in [-0.2, -0.15) is 0 Å². The molecule has 1 aliphatic carbocycles. The third-order valence-corrected chi connectivity index (χ3v) is 6.64. The van der Waals surface area contributed by atoms with Crippen molar-refractivity contribution in [3.63, 3.8) is 0 Å². The van der Waals surface area contributed by atoms with Crippen molar-refractivity contribution in [2.75, 3.05) is 0 Å². The van der Waals surface area contributed by atoms with Gasteiger partial charge in [0.05, 0.1) is 0 Å². The first-order valence-electron chi connectivity index (χ1n) is 9.54. The van der Waals surface area contributed by atoms with Crippen LogP contribution in [0.2, 0.25) is 0 Å². The van der Waals surface area contributed by atoms with E-state index in [0.717, 1.165) is 29.5 Å². The highest BCUT2D eigenvalue weighted by Gasteiger charge is 2.16. The molecule has 0 unspecified atom stereocenters. The van der Waals surface area contributed by atoms with Crippen molar-refractivity contribution in [1.82, 2.24) is 4.98 Å². The number of nitrogens with zero attached hydrogens (tertiary/aromatic N) is 1. The summed E-state index contributed by atoms with van der Waals surface area (Å²) in [6.07, 6.45) is 6.84. The van der Waals surface area contributed by atoms with E-state index in [4.69, 9.17) is 4.42 Å². The lowest BCUT2D eigenvalue weighted by Gasteiger charge is -2.06. The molecular weight excluding hydrogens is 362 g/mol. The Balaban J connectivity index is 1.51. The number of rotatable bonds is 2. The highest BCUT2D eigenvalue weighted by Crippen LogP contribution is 2.41. The molecule has 2 nitrogen and oxygen atoms in total. The van der Waals surface area contributed by atoms with E-state index in [2.05, 4.69) is 59.6 Å². The second kappa shape index (κ2) is 6.18. The molecular formula is C25H17NOS. The average molecular weight is 379 g/mol. The van der Waals surface area contributed by atoms with Gasteiger partial charge in [-0.1, -0.05) is 48.5 Å². The van der Waals surface area contributed by atoms with Crippen LogP contribution < -0.4 is 0 Å². The normalized spacial score (nSPS) is 13.3. The molecule has 1 aliphatic rings. The number of hydrogen-bond donors (Lipinski definition) is 0. The molecule has 0 N–H and O–H groups in total. The number of allylic oxidation sites excluding steroid dienone is 1. The summed E-state index contributed by atoms with van der Waals surface area (Å²) in [5.74, 6) is 0.670. The molecule has 0 atom stereocenters. The second-order valence-electron chi connectivity index (χ2n) is 7.14. The Morgan fingerprint density at radius 2 is 1.79 bits per heavy atom. The van der Waals surface area contributed by atoms with E-state index in [1.165, 1.54) is 31.7 Å². The van der Waals surface area contributed by atoms with Crippen molar-refractivity contribution in [3.05, 3.63) is 83.2 Å². The lowest BCUT2D eigenvalue weighted by Crippen LogP contribution is -1.88. The number of benzene rings is 3. The fourth-order valence-corrected chi connectivity index (χ4v) is 5.36. The van der Waals surface area contributed by atoms with E-state index in [9.17, 15) is 0 Å². The highest BCUT2D eigenvalue weighted by molar-refractivity contribution is 7.20. The predicted molar refractivity (Wildman–Crippen MR) is 118 cm³/mol. The Morgan fingerprint density at radius 1 is 0.893 bits per heavy atom. The van der Waals surface area contributed by atoms with Gasteiger partial charge < -0.3 is 4.42 Å². The summed E-state index contributed by atoms with van der Waals surface area (Å²) in [4.78, 5) is 6.07. The molecule has 3 heteroatoms. The van der Waals surface area contributed by atoms with Gasteiger partial charge in [0.2, 0.25) is 5.89 Å². The number of fused-ring (bicyclic) bond motifs is 4. The summed E-state index contributed by atoms with van der Waals surface area (Å²) >= 11 is 1.90. The number of thiophene rings is 1. The lowest BCUT2D eigenvalue weighted by molar-refractivity contribution is 0.620. The van der Waals surface area contributed by atoms with Crippen LogP contribution in [0, 0.1) is 0 Å². The van der Waals surface area contributed by atoms with Gasteiger partial charge in [-0.15, -0.1) is 11.3 Å². The summed E-state index contributed by atoms with van der Waals surface area (Å²) in [6.45, 7) is 0. The molecule has 0 radical (unpaired) electrons. The van der Waals surface area contributed by atoms with Gasteiger partial charge in [0.1, 0.15) is 5.52 Å². The maximum Gasteiger partial charge on any atom is 0.227 e. The van der Waals surface area contributed by atoms with Crippen LogP contribution in [0.3, 0.4) is 0 Å².